The fourth-order valence-corrected chi connectivity index (χ4v) is 3.75. The van der Waals surface area contributed by atoms with E-state index in [1.165, 1.54) is 0 Å². The number of fused-ring (bicyclic) bond motifs is 1. The smallest absolute Gasteiger partial charge is 0.261 e. The number of nitrogens with zero attached hydrogens (tertiary/aromatic N) is 4. The van der Waals surface area contributed by atoms with Crippen LogP contribution >= 0.6 is 15.9 Å². The van der Waals surface area contributed by atoms with Crippen molar-refractivity contribution in [2.45, 2.75) is 13.0 Å². The van der Waals surface area contributed by atoms with Crippen molar-refractivity contribution in [1.29, 1.82) is 0 Å². The molecule has 3 amide bonds. The Labute approximate surface area is 182 Å². The highest BCUT2D eigenvalue weighted by Crippen LogP contribution is 2.26. The topological polar surface area (TPSA) is 75.5 Å². The van der Waals surface area contributed by atoms with Crippen LogP contribution in [0.3, 0.4) is 0 Å². The van der Waals surface area contributed by atoms with Crippen LogP contribution in [0.2, 0.25) is 0 Å². The Hall–Kier alpha value is -3.26. The molecule has 1 aliphatic heterocycles. The zero-order chi connectivity index (χ0) is 21.3. The molecule has 7 nitrogen and oxygen atoms in total. The van der Waals surface area contributed by atoms with E-state index in [4.69, 9.17) is 0 Å². The molecule has 0 atom stereocenters. The number of halogens is 1. The summed E-state index contributed by atoms with van der Waals surface area (Å²) < 4.78 is 2.49. The predicted octanol–water partition coefficient (Wildman–Crippen LogP) is 3.28. The standard InChI is InChI=1S/C22H19BrN4O3/c1-25(13-15-12-24-27(14-15)17-5-3-2-4-6-17)20(28)9-10-26-21(29)18-8-7-16(23)11-19(18)22(26)30/h2-8,11-12,14H,9-10,13H2,1H3. The van der Waals surface area contributed by atoms with Crippen molar-refractivity contribution in [2.75, 3.05) is 13.6 Å². The number of rotatable bonds is 6. The van der Waals surface area contributed by atoms with Gasteiger partial charge in [0.2, 0.25) is 5.91 Å². The summed E-state index contributed by atoms with van der Waals surface area (Å²) in [5.41, 5.74) is 2.57. The van der Waals surface area contributed by atoms with E-state index in [0.29, 0.717) is 17.7 Å². The summed E-state index contributed by atoms with van der Waals surface area (Å²) in [5.74, 6) is -0.877. The average Bonchev–Trinajstić information content (AvgIpc) is 3.30. The first-order valence-electron chi connectivity index (χ1n) is 9.43. The average molecular weight is 467 g/mol. The van der Waals surface area contributed by atoms with Gasteiger partial charge in [-0.2, -0.15) is 5.10 Å². The van der Waals surface area contributed by atoms with Gasteiger partial charge in [-0.25, -0.2) is 4.68 Å². The zero-order valence-corrected chi connectivity index (χ0v) is 17.9. The van der Waals surface area contributed by atoms with Crippen molar-refractivity contribution in [3.63, 3.8) is 0 Å². The number of imide groups is 1. The van der Waals surface area contributed by atoms with Gasteiger partial charge < -0.3 is 4.90 Å². The molecule has 152 valence electrons. The number of para-hydroxylation sites is 1. The second-order valence-electron chi connectivity index (χ2n) is 7.08. The summed E-state index contributed by atoms with van der Waals surface area (Å²) in [5, 5.41) is 4.34. The molecule has 0 bridgehead atoms. The van der Waals surface area contributed by atoms with Crippen molar-refractivity contribution in [3.05, 3.63) is 82.1 Å². The molecule has 1 aromatic heterocycles. The van der Waals surface area contributed by atoms with Gasteiger partial charge in [0, 0.05) is 42.8 Å². The maximum Gasteiger partial charge on any atom is 0.261 e. The Balaban J connectivity index is 1.35. The summed E-state index contributed by atoms with van der Waals surface area (Å²) in [6, 6.07) is 14.7. The molecule has 8 heteroatoms. The van der Waals surface area contributed by atoms with Crippen LogP contribution in [0.15, 0.2) is 65.4 Å². The fourth-order valence-electron chi connectivity index (χ4n) is 3.39. The first kappa shape index (κ1) is 20.0. The Morgan fingerprint density at radius 1 is 1.07 bits per heavy atom. The van der Waals surface area contributed by atoms with E-state index in [1.807, 2.05) is 36.5 Å². The minimum Gasteiger partial charge on any atom is -0.341 e. The molecule has 0 spiro atoms. The Bertz CT molecular complexity index is 1130. The molecule has 0 aliphatic carbocycles. The van der Waals surface area contributed by atoms with E-state index in [-0.39, 0.29) is 30.7 Å². The quantitative estimate of drug-likeness (QED) is 0.522. The van der Waals surface area contributed by atoms with Crippen LogP contribution in [-0.4, -0.2) is 50.9 Å². The van der Waals surface area contributed by atoms with Gasteiger partial charge in [-0.1, -0.05) is 34.1 Å². The largest absolute Gasteiger partial charge is 0.341 e. The second-order valence-corrected chi connectivity index (χ2v) is 8.00. The maximum atomic E-state index is 12.6. The highest BCUT2D eigenvalue weighted by atomic mass is 79.9. The third kappa shape index (κ3) is 3.91. The van der Waals surface area contributed by atoms with E-state index >= 15 is 0 Å². The zero-order valence-electron chi connectivity index (χ0n) is 16.3. The molecule has 2 aromatic carbocycles. The molecular formula is C22H19BrN4O3. The number of benzene rings is 2. The van der Waals surface area contributed by atoms with Crippen molar-refractivity contribution < 1.29 is 14.4 Å². The fraction of sp³-hybridized carbons (Fsp3) is 0.182. The van der Waals surface area contributed by atoms with Crippen LogP contribution in [0.5, 0.6) is 0 Å². The summed E-state index contributed by atoms with van der Waals surface area (Å²) in [6.45, 7) is 0.442. The van der Waals surface area contributed by atoms with Crippen LogP contribution < -0.4 is 0 Å². The lowest BCUT2D eigenvalue weighted by molar-refractivity contribution is -0.130. The van der Waals surface area contributed by atoms with Crippen molar-refractivity contribution in [3.8, 4) is 5.69 Å². The van der Waals surface area contributed by atoms with Gasteiger partial charge in [0.25, 0.3) is 11.8 Å². The van der Waals surface area contributed by atoms with Gasteiger partial charge in [-0.05, 0) is 30.3 Å². The summed E-state index contributed by atoms with van der Waals surface area (Å²) >= 11 is 3.31. The van der Waals surface area contributed by atoms with Crippen molar-refractivity contribution in [1.82, 2.24) is 19.6 Å². The van der Waals surface area contributed by atoms with Crippen LogP contribution in [0.4, 0.5) is 0 Å². The molecule has 1 aliphatic rings. The molecule has 30 heavy (non-hydrogen) atoms. The minimum absolute atomic E-state index is 0.0520. The number of carbonyl (C=O) groups is 3. The highest BCUT2D eigenvalue weighted by molar-refractivity contribution is 9.10. The second kappa shape index (κ2) is 8.23. The van der Waals surface area contributed by atoms with Gasteiger partial charge in [0.1, 0.15) is 0 Å². The van der Waals surface area contributed by atoms with Gasteiger partial charge in [0.05, 0.1) is 23.0 Å². The lowest BCUT2D eigenvalue weighted by Gasteiger charge is -2.18. The molecule has 2 heterocycles. The van der Waals surface area contributed by atoms with E-state index in [1.54, 1.807) is 41.0 Å². The SMILES string of the molecule is CN(Cc1cnn(-c2ccccc2)c1)C(=O)CCN1C(=O)c2ccc(Br)cc2C1=O. The first-order valence-corrected chi connectivity index (χ1v) is 10.2. The molecule has 0 fully saturated rings. The van der Waals surface area contributed by atoms with Crippen LogP contribution in [0.1, 0.15) is 32.7 Å². The monoisotopic (exact) mass is 466 g/mol. The molecule has 0 radical (unpaired) electrons. The Morgan fingerprint density at radius 2 is 1.80 bits per heavy atom. The van der Waals surface area contributed by atoms with Crippen LogP contribution in [-0.2, 0) is 11.3 Å². The third-order valence-electron chi connectivity index (χ3n) is 4.98. The summed E-state index contributed by atoms with van der Waals surface area (Å²) in [4.78, 5) is 40.3. The Kier molecular flexibility index (Phi) is 5.50. The molecule has 3 aromatic rings. The van der Waals surface area contributed by atoms with Crippen LogP contribution in [0.25, 0.3) is 5.69 Å². The van der Waals surface area contributed by atoms with Gasteiger partial charge >= 0.3 is 0 Å². The van der Waals surface area contributed by atoms with E-state index < -0.39 is 0 Å². The minimum atomic E-state index is -0.365. The van der Waals surface area contributed by atoms with E-state index in [2.05, 4.69) is 21.0 Å². The highest BCUT2D eigenvalue weighted by Gasteiger charge is 2.35. The molecule has 0 N–H and O–H groups in total. The predicted molar refractivity (Wildman–Crippen MR) is 114 cm³/mol. The van der Waals surface area contributed by atoms with Gasteiger partial charge in [-0.3, -0.25) is 19.3 Å². The van der Waals surface area contributed by atoms with Crippen molar-refractivity contribution in [2.24, 2.45) is 0 Å². The first-order chi connectivity index (χ1) is 14.4. The third-order valence-corrected chi connectivity index (χ3v) is 5.48. The maximum absolute atomic E-state index is 12.6. The molecular weight excluding hydrogens is 448 g/mol. The number of hydrogen-bond acceptors (Lipinski definition) is 4. The normalized spacial score (nSPS) is 12.9. The molecule has 0 saturated carbocycles. The van der Waals surface area contributed by atoms with Crippen LogP contribution in [0, 0.1) is 0 Å². The molecule has 0 unspecified atom stereocenters. The molecule has 0 saturated heterocycles. The molecule has 4 rings (SSSR count). The van der Waals surface area contributed by atoms with E-state index in [9.17, 15) is 14.4 Å². The van der Waals surface area contributed by atoms with Crippen molar-refractivity contribution >= 4 is 33.7 Å². The lowest BCUT2D eigenvalue weighted by Crippen LogP contribution is -2.35. The summed E-state index contributed by atoms with van der Waals surface area (Å²) in [7, 11) is 1.70. The number of hydrogen-bond donors (Lipinski definition) is 0. The Morgan fingerprint density at radius 3 is 2.57 bits per heavy atom. The number of aromatic nitrogens is 2. The van der Waals surface area contributed by atoms with E-state index in [0.717, 1.165) is 20.6 Å². The van der Waals surface area contributed by atoms with Gasteiger partial charge in [0.15, 0.2) is 0 Å². The summed E-state index contributed by atoms with van der Waals surface area (Å²) in [6.07, 6.45) is 3.66. The number of carbonyl (C=O) groups excluding carboxylic acids is 3. The lowest BCUT2D eigenvalue weighted by atomic mass is 10.1. The number of amides is 3. The van der Waals surface area contributed by atoms with Gasteiger partial charge in [-0.15, -0.1) is 0 Å².